The molecule has 0 bridgehead atoms. The van der Waals surface area contributed by atoms with Crippen molar-refractivity contribution in [3.05, 3.63) is 21.9 Å². The molecule has 6 nitrogen and oxygen atoms in total. The fraction of sp³-hybridized carbons (Fsp3) is 0.571. The van der Waals surface area contributed by atoms with Gasteiger partial charge in [-0.1, -0.05) is 0 Å². The van der Waals surface area contributed by atoms with Crippen molar-refractivity contribution in [3.8, 4) is 0 Å². The molecule has 21 heavy (non-hydrogen) atoms. The Balaban J connectivity index is 1.57. The van der Waals surface area contributed by atoms with E-state index in [2.05, 4.69) is 11.4 Å². The molecule has 1 fully saturated rings. The summed E-state index contributed by atoms with van der Waals surface area (Å²) in [5, 5.41) is 11.2. The van der Waals surface area contributed by atoms with Crippen LogP contribution in [-0.2, 0) is 22.6 Å². The van der Waals surface area contributed by atoms with E-state index in [1.165, 1.54) is 10.4 Å². The molecule has 1 unspecified atom stereocenters. The quantitative estimate of drug-likeness (QED) is 0.828. The first kappa shape index (κ1) is 14.5. The molecule has 3 heterocycles. The van der Waals surface area contributed by atoms with Crippen LogP contribution < -0.4 is 5.73 Å². The molecule has 2 aliphatic heterocycles. The van der Waals surface area contributed by atoms with Crippen LogP contribution in [0.1, 0.15) is 16.9 Å². The Morgan fingerprint density at radius 1 is 1.43 bits per heavy atom. The average molecular weight is 309 g/mol. The van der Waals surface area contributed by atoms with Gasteiger partial charge in [0, 0.05) is 31.1 Å². The number of aliphatic carboxylic acids is 1. The van der Waals surface area contributed by atoms with Crippen LogP contribution in [0.4, 0.5) is 0 Å². The molecule has 1 atom stereocenters. The van der Waals surface area contributed by atoms with Crippen LogP contribution in [0.15, 0.2) is 11.4 Å². The van der Waals surface area contributed by atoms with Gasteiger partial charge in [0.05, 0.1) is 6.54 Å². The predicted octanol–water partition coefficient (Wildman–Crippen LogP) is 0.121. The number of carbonyl (C=O) groups is 2. The van der Waals surface area contributed by atoms with Crippen LogP contribution in [0.3, 0.4) is 0 Å². The number of carboxylic acid groups (broad SMARTS) is 1. The van der Waals surface area contributed by atoms with Crippen molar-refractivity contribution in [1.29, 1.82) is 0 Å². The smallest absolute Gasteiger partial charge is 0.325 e. The van der Waals surface area contributed by atoms with E-state index < -0.39 is 11.5 Å². The van der Waals surface area contributed by atoms with Gasteiger partial charge in [-0.3, -0.25) is 14.5 Å². The SMILES string of the molecule is NC1(C(=O)O)CCN(CC(=O)N2CCc3sccc3C2)C1. The van der Waals surface area contributed by atoms with Gasteiger partial charge >= 0.3 is 5.97 Å². The van der Waals surface area contributed by atoms with E-state index in [0.29, 0.717) is 19.5 Å². The van der Waals surface area contributed by atoms with Gasteiger partial charge in [-0.2, -0.15) is 0 Å². The fourth-order valence-electron chi connectivity index (χ4n) is 2.98. The zero-order valence-corrected chi connectivity index (χ0v) is 12.6. The van der Waals surface area contributed by atoms with E-state index in [1.807, 2.05) is 9.80 Å². The molecule has 0 aliphatic carbocycles. The monoisotopic (exact) mass is 309 g/mol. The summed E-state index contributed by atoms with van der Waals surface area (Å²) in [6.45, 7) is 2.47. The molecule has 1 saturated heterocycles. The Hall–Kier alpha value is -1.44. The van der Waals surface area contributed by atoms with E-state index in [0.717, 1.165) is 13.0 Å². The minimum atomic E-state index is -1.21. The van der Waals surface area contributed by atoms with Gasteiger partial charge in [-0.25, -0.2) is 0 Å². The molecule has 0 radical (unpaired) electrons. The Morgan fingerprint density at radius 2 is 2.24 bits per heavy atom. The topological polar surface area (TPSA) is 86.9 Å². The van der Waals surface area contributed by atoms with Crippen molar-refractivity contribution in [2.75, 3.05) is 26.2 Å². The first-order chi connectivity index (χ1) is 9.98. The number of likely N-dealkylation sites (tertiary alicyclic amines) is 1. The van der Waals surface area contributed by atoms with E-state index in [1.54, 1.807) is 11.3 Å². The molecule has 0 aromatic carbocycles. The van der Waals surface area contributed by atoms with Crippen molar-refractivity contribution in [1.82, 2.24) is 9.80 Å². The Morgan fingerprint density at radius 3 is 2.95 bits per heavy atom. The summed E-state index contributed by atoms with van der Waals surface area (Å²) in [6, 6.07) is 2.07. The summed E-state index contributed by atoms with van der Waals surface area (Å²) in [5.41, 5.74) is 5.86. The normalized spacial score (nSPS) is 25.9. The van der Waals surface area contributed by atoms with Gasteiger partial charge in [-0.05, 0) is 29.9 Å². The molecule has 0 spiro atoms. The average Bonchev–Trinajstić information content (AvgIpc) is 3.05. The molecule has 3 N–H and O–H groups in total. The number of carboxylic acids is 1. The number of rotatable bonds is 3. The number of carbonyl (C=O) groups excluding carboxylic acids is 1. The zero-order valence-electron chi connectivity index (χ0n) is 11.7. The summed E-state index contributed by atoms with van der Waals surface area (Å²) in [7, 11) is 0. The number of hydrogen-bond donors (Lipinski definition) is 2. The van der Waals surface area contributed by atoms with Crippen molar-refractivity contribution >= 4 is 23.2 Å². The van der Waals surface area contributed by atoms with Crippen molar-refractivity contribution < 1.29 is 14.7 Å². The minimum Gasteiger partial charge on any atom is -0.480 e. The molecule has 1 amide bonds. The lowest BCUT2D eigenvalue weighted by Crippen LogP contribution is -2.51. The number of hydrogen-bond acceptors (Lipinski definition) is 5. The molecule has 0 saturated carbocycles. The highest BCUT2D eigenvalue weighted by Gasteiger charge is 2.41. The largest absolute Gasteiger partial charge is 0.480 e. The van der Waals surface area contributed by atoms with Crippen LogP contribution >= 0.6 is 11.3 Å². The van der Waals surface area contributed by atoms with Gasteiger partial charge in [0.2, 0.25) is 5.91 Å². The zero-order chi connectivity index (χ0) is 15.0. The minimum absolute atomic E-state index is 0.0569. The Kier molecular flexibility index (Phi) is 3.73. The van der Waals surface area contributed by atoms with Crippen LogP contribution in [-0.4, -0.2) is 58.5 Å². The van der Waals surface area contributed by atoms with Crippen LogP contribution in [0.5, 0.6) is 0 Å². The van der Waals surface area contributed by atoms with Crippen molar-refractivity contribution in [3.63, 3.8) is 0 Å². The highest BCUT2D eigenvalue weighted by Crippen LogP contribution is 2.24. The second kappa shape index (κ2) is 5.40. The molecule has 114 valence electrons. The Bertz CT molecular complexity index is 574. The molecule has 1 aromatic heterocycles. The number of fused-ring (bicyclic) bond motifs is 1. The number of thiophene rings is 1. The van der Waals surface area contributed by atoms with E-state index >= 15 is 0 Å². The van der Waals surface area contributed by atoms with E-state index in [-0.39, 0.29) is 19.0 Å². The van der Waals surface area contributed by atoms with E-state index in [4.69, 9.17) is 10.8 Å². The van der Waals surface area contributed by atoms with Gasteiger partial charge in [0.15, 0.2) is 0 Å². The maximum Gasteiger partial charge on any atom is 0.325 e. The molecular formula is C14H19N3O3S. The van der Waals surface area contributed by atoms with Gasteiger partial charge in [-0.15, -0.1) is 11.3 Å². The lowest BCUT2D eigenvalue weighted by molar-refractivity contribution is -0.143. The third kappa shape index (κ3) is 2.81. The molecule has 2 aliphatic rings. The standard InChI is InChI=1S/C14H19N3O3S/c15-14(13(19)20)3-5-16(9-14)8-12(18)17-4-1-11-10(7-17)2-6-21-11/h2,6H,1,3-5,7-9,15H2,(H,19,20). The maximum atomic E-state index is 12.4. The summed E-state index contributed by atoms with van der Waals surface area (Å²) in [4.78, 5) is 28.6. The Labute approximate surface area is 127 Å². The summed E-state index contributed by atoms with van der Waals surface area (Å²) >= 11 is 1.74. The number of amides is 1. The summed E-state index contributed by atoms with van der Waals surface area (Å²) in [5.74, 6) is -0.931. The van der Waals surface area contributed by atoms with Gasteiger partial charge in [0.1, 0.15) is 5.54 Å². The van der Waals surface area contributed by atoms with Crippen molar-refractivity contribution in [2.45, 2.75) is 24.9 Å². The molecule has 1 aromatic rings. The third-order valence-corrected chi connectivity index (χ3v) is 5.35. The second-order valence-electron chi connectivity index (χ2n) is 5.86. The predicted molar refractivity (Wildman–Crippen MR) is 79.1 cm³/mol. The van der Waals surface area contributed by atoms with Crippen molar-refractivity contribution in [2.24, 2.45) is 5.73 Å². The number of nitrogens with two attached hydrogens (primary N) is 1. The van der Waals surface area contributed by atoms with Crippen LogP contribution in [0.2, 0.25) is 0 Å². The molecule has 3 rings (SSSR count). The van der Waals surface area contributed by atoms with Crippen LogP contribution in [0, 0.1) is 0 Å². The first-order valence-corrected chi connectivity index (χ1v) is 7.93. The molecule has 7 heteroatoms. The maximum absolute atomic E-state index is 12.4. The lowest BCUT2D eigenvalue weighted by atomic mass is 10.0. The summed E-state index contributed by atoms with van der Waals surface area (Å²) < 4.78 is 0. The van der Waals surface area contributed by atoms with Gasteiger partial charge in [0.25, 0.3) is 0 Å². The van der Waals surface area contributed by atoms with E-state index in [9.17, 15) is 9.59 Å². The fourth-order valence-corrected chi connectivity index (χ4v) is 3.87. The summed E-state index contributed by atoms with van der Waals surface area (Å²) in [6.07, 6.45) is 1.30. The second-order valence-corrected chi connectivity index (χ2v) is 6.86. The number of nitrogens with zero attached hydrogens (tertiary/aromatic N) is 2. The first-order valence-electron chi connectivity index (χ1n) is 7.05. The third-order valence-electron chi connectivity index (χ3n) is 4.33. The van der Waals surface area contributed by atoms with Gasteiger partial charge < -0.3 is 15.7 Å². The molecular weight excluding hydrogens is 290 g/mol. The highest BCUT2D eigenvalue weighted by atomic mass is 32.1. The highest BCUT2D eigenvalue weighted by molar-refractivity contribution is 7.10. The lowest BCUT2D eigenvalue weighted by Gasteiger charge is -2.29. The van der Waals surface area contributed by atoms with Crippen LogP contribution in [0.25, 0.3) is 0 Å².